The number of carbonyl (C=O) groups excluding carboxylic acids is 2. The van der Waals surface area contributed by atoms with Crippen LogP contribution in [0.5, 0.6) is 0 Å². The number of rotatable bonds is 6. The summed E-state index contributed by atoms with van der Waals surface area (Å²) in [7, 11) is 0. The molecule has 0 unspecified atom stereocenters. The van der Waals surface area contributed by atoms with Crippen LogP contribution in [-0.4, -0.2) is 18.4 Å². The van der Waals surface area contributed by atoms with Crippen LogP contribution >= 0.6 is 22.9 Å². The summed E-state index contributed by atoms with van der Waals surface area (Å²) in [6, 6.07) is 10.7. The normalized spacial score (nSPS) is 10.1. The topological polar surface area (TPSA) is 55.4 Å². The highest BCUT2D eigenvalue weighted by Crippen LogP contribution is 2.11. The van der Waals surface area contributed by atoms with E-state index in [0.29, 0.717) is 9.90 Å². The molecule has 1 aromatic carbocycles. The minimum Gasteiger partial charge on any atom is -0.461 e. The van der Waals surface area contributed by atoms with Crippen LogP contribution in [-0.2, 0) is 16.1 Å². The van der Waals surface area contributed by atoms with Crippen LogP contribution in [0.4, 0.5) is 0 Å². The number of hydrogen-bond acceptors (Lipinski definition) is 4. The molecule has 1 heterocycles. The van der Waals surface area contributed by atoms with Crippen LogP contribution in [0.3, 0.4) is 0 Å². The van der Waals surface area contributed by atoms with Crippen molar-refractivity contribution in [1.29, 1.82) is 0 Å². The monoisotopic (exact) mass is 323 g/mol. The van der Waals surface area contributed by atoms with Crippen LogP contribution in [0, 0.1) is 0 Å². The molecule has 0 fully saturated rings. The Balaban J connectivity index is 1.67. The van der Waals surface area contributed by atoms with Crippen molar-refractivity contribution in [3.8, 4) is 0 Å². The van der Waals surface area contributed by atoms with E-state index in [9.17, 15) is 9.59 Å². The molecule has 0 saturated carbocycles. The third-order valence-electron chi connectivity index (χ3n) is 2.65. The van der Waals surface area contributed by atoms with Gasteiger partial charge in [0.1, 0.15) is 6.61 Å². The van der Waals surface area contributed by atoms with Gasteiger partial charge in [-0.25, -0.2) is 0 Å². The Kier molecular flexibility index (Phi) is 5.78. The molecule has 1 N–H and O–H groups in total. The zero-order valence-corrected chi connectivity index (χ0v) is 12.7. The molecule has 2 rings (SSSR count). The van der Waals surface area contributed by atoms with Gasteiger partial charge < -0.3 is 10.1 Å². The Morgan fingerprint density at radius 1 is 1.24 bits per heavy atom. The molecular weight excluding hydrogens is 310 g/mol. The Labute approximate surface area is 131 Å². The summed E-state index contributed by atoms with van der Waals surface area (Å²) in [6.07, 6.45) is 0.137. The molecular formula is C15H14ClNO3S. The second-order valence-corrected chi connectivity index (χ2v) is 5.66. The van der Waals surface area contributed by atoms with Crippen molar-refractivity contribution in [2.45, 2.75) is 13.0 Å². The Hall–Kier alpha value is -1.85. The molecule has 4 nitrogen and oxygen atoms in total. The summed E-state index contributed by atoms with van der Waals surface area (Å²) in [5.41, 5.74) is 0.832. The van der Waals surface area contributed by atoms with Crippen molar-refractivity contribution in [2.24, 2.45) is 0 Å². The fraction of sp³-hybridized carbons (Fsp3) is 0.200. The lowest BCUT2D eigenvalue weighted by atomic mass is 10.2. The van der Waals surface area contributed by atoms with Gasteiger partial charge in [0.2, 0.25) is 0 Å². The number of carbonyl (C=O) groups is 2. The van der Waals surface area contributed by atoms with Gasteiger partial charge >= 0.3 is 5.97 Å². The average Bonchev–Trinajstić information content (AvgIpc) is 2.99. The largest absolute Gasteiger partial charge is 0.461 e. The highest BCUT2D eigenvalue weighted by Gasteiger charge is 2.08. The van der Waals surface area contributed by atoms with Gasteiger partial charge in [0.25, 0.3) is 5.91 Å². The van der Waals surface area contributed by atoms with E-state index in [1.54, 1.807) is 30.3 Å². The summed E-state index contributed by atoms with van der Waals surface area (Å²) in [4.78, 5) is 23.8. The number of nitrogens with one attached hydrogen (secondary N) is 1. The summed E-state index contributed by atoms with van der Waals surface area (Å²) in [6.45, 7) is 0.434. The predicted molar refractivity (Wildman–Crippen MR) is 82.5 cm³/mol. The first-order valence-electron chi connectivity index (χ1n) is 6.37. The second-order valence-electron chi connectivity index (χ2n) is 4.27. The maximum absolute atomic E-state index is 11.6. The lowest BCUT2D eigenvalue weighted by molar-refractivity contribution is -0.144. The highest BCUT2D eigenvalue weighted by atomic mass is 35.5. The van der Waals surface area contributed by atoms with E-state index in [1.807, 2.05) is 11.4 Å². The highest BCUT2D eigenvalue weighted by molar-refractivity contribution is 7.12. The standard InChI is InChI=1S/C15H14ClNO3S/c16-12-4-1-3-11(9-12)10-20-14(18)6-7-17-15(19)13-5-2-8-21-13/h1-5,8-9H,6-7,10H2,(H,17,19). The minimum absolute atomic E-state index is 0.137. The molecule has 0 saturated heterocycles. The SMILES string of the molecule is O=C(CCNC(=O)c1cccs1)OCc1cccc(Cl)c1. The first-order valence-corrected chi connectivity index (χ1v) is 7.62. The number of halogens is 1. The van der Waals surface area contributed by atoms with Crippen LogP contribution in [0.25, 0.3) is 0 Å². The molecule has 0 radical (unpaired) electrons. The van der Waals surface area contributed by atoms with E-state index < -0.39 is 0 Å². The lowest BCUT2D eigenvalue weighted by Crippen LogP contribution is -2.25. The number of hydrogen-bond donors (Lipinski definition) is 1. The van der Waals surface area contributed by atoms with Crippen molar-refractivity contribution in [2.75, 3.05) is 6.54 Å². The van der Waals surface area contributed by atoms with Crippen LogP contribution < -0.4 is 5.32 Å². The maximum atomic E-state index is 11.6. The van der Waals surface area contributed by atoms with Crippen molar-refractivity contribution < 1.29 is 14.3 Å². The summed E-state index contributed by atoms with van der Waals surface area (Å²) in [5, 5.41) is 5.10. The average molecular weight is 324 g/mol. The summed E-state index contributed by atoms with van der Waals surface area (Å²) < 4.78 is 5.11. The smallest absolute Gasteiger partial charge is 0.307 e. The number of ether oxygens (including phenoxy) is 1. The maximum Gasteiger partial charge on any atom is 0.307 e. The summed E-state index contributed by atoms with van der Waals surface area (Å²) >= 11 is 7.20. The Morgan fingerprint density at radius 3 is 2.81 bits per heavy atom. The fourth-order valence-corrected chi connectivity index (χ4v) is 2.49. The van der Waals surface area contributed by atoms with E-state index in [2.05, 4.69) is 5.32 Å². The van der Waals surface area contributed by atoms with Gasteiger partial charge in [-0.05, 0) is 29.1 Å². The molecule has 0 aliphatic heterocycles. The molecule has 0 spiro atoms. The number of benzene rings is 1. The van der Waals surface area contributed by atoms with Gasteiger partial charge in [-0.2, -0.15) is 0 Å². The van der Waals surface area contributed by atoms with E-state index in [1.165, 1.54) is 11.3 Å². The van der Waals surface area contributed by atoms with E-state index in [4.69, 9.17) is 16.3 Å². The molecule has 1 aromatic heterocycles. The zero-order valence-electron chi connectivity index (χ0n) is 11.2. The molecule has 2 aromatic rings. The molecule has 6 heteroatoms. The van der Waals surface area contributed by atoms with Crippen LogP contribution in [0.2, 0.25) is 5.02 Å². The summed E-state index contributed by atoms with van der Waals surface area (Å²) in [5.74, 6) is -0.533. The Morgan fingerprint density at radius 2 is 2.10 bits per heavy atom. The first kappa shape index (κ1) is 15.5. The van der Waals surface area contributed by atoms with Crippen molar-refractivity contribution in [3.05, 3.63) is 57.2 Å². The second kappa shape index (κ2) is 7.81. The number of esters is 1. The fourth-order valence-electron chi connectivity index (χ4n) is 1.64. The minimum atomic E-state index is -0.360. The Bertz CT molecular complexity index is 613. The van der Waals surface area contributed by atoms with E-state index in [0.717, 1.165) is 5.56 Å². The third-order valence-corrected chi connectivity index (χ3v) is 3.75. The lowest BCUT2D eigenvalue weighted by Gasteiger charge is -2.06. The van der Waals surface area contributed by atoms with Gasteiger partial charge in [0.05, 0.1) is 11.3 Å². The molecule has 0 bridgehead atoms. The van der Waals surface area contributed by atoms with Crippen molar-refractivity contribution in [1.82, 2.24) is 5.32 Å². The molecule has 1 amide bonds. The molecule has 110 valence electrons. The van der Waals surface area contributed by atoms with Crippen LogP contribution in [0.1, 0.15) is 21.7 Å². The van der Waals surface area contributed by atoms with E-state index in [-0.39, 0.29) is 31.4 Å². The third kappa shape index (κ3) is 5.21. The molecule has 0 atom stereocenters. The number of amides is 1. The van der Waals surface area contributed by atoms with Gasteiger partial charge in [0, 0.05) is 11.6 Å². The number of thiophene rings is 1. The van der Waals surface area contributed by atoms with E-state index >= 15 is 0 Å². The predicted octanol–water partition coefficient (Wildman–Crippen LogP) is 3.26. The molecule has 0 aliphatic rings. The van der Waals surface area contributed by atoms with Crippen molar-refractivity contribution in [3.63, 3.8) is 0 Å². The molecule has 0 aliphatic carbocycles. The van der Waals surface area contributed by atoms with Gasteiger partial charge in [-0.15, -0.1) is 11.3 Å². The van der Waals surface area contributed by atoms with Gasteiger partial charge in [0.15, 0.2) is 0 Å². The zero-order chi connectivity index (χ0) is 15.1. The van der Waals surface area contributed by atoms with Crippen molar-refractivity contribution >= 4 is 34.8 Å². The van der Waals surface area contributed by atoms with Crippen LogP contribution in [0.15, 0.2) is 41.8 Å². The first-order chi connectivity index (χ1) is 10.1. The molecule has 21 heavy (non-hydrogen) atoms. The quantitative estimate of drug-likeness (QED) is 0.830. The van der Waals surface area contributed by atoms with Gasteiger partial charge in [-0.3, -0.25) is 9.59 Å². The van der Waals surface area contributed by atoms with Gasteiger partial charge in [-0.1, -0.05) is 29.8 Å².